The van der Waals surface area contributed by atoms with E-state index >= 15 is 0 Å². The fourth-order valence-corrected chi connectivity index (χ4v) is 5.02. The molecule has 0 saturated carbocycles. The van der Waals surface area contributed by atoms with Crippen molar-refractivity contribution in [3.05, 3.63) is 59.0 Å². The highest BCUT2D eigenvalue weighted by atomic mass is 32.2. The minimum absolute atomic E-state index is 0.115. The van der Waals surface area contributed by atoms with Gasteiger partial charge in [0.05, 0.1) is 30.8 Å². The molecule has 30 heavy (non-hydrogen) atoms. The highest BCUT2D eigenvalue weighted by Crippen LogP contribution is 2.30. The molecule has 1 aliphatic heterocycles. The summed E-state index contributed by atoms with van der Waals surface area (Å²) in [6.07, 6.45) is 6.48. The van der Waals surface area contributed by atoms with Crippen LogP contribution < -0.4 is 20.1 Å². The number of thiophene rings is 1. The molecule has 10 heteroatoms. The zero-order chi connectivity index (χ0) is 21.1. The molecule has 0 saturated heterocycles. The smallest absolute Gasteiger partial charge is 0.285 e. The maximum absolute atomic E-state index is 12.8. The number of rotatable bonds is 5. The Kier molecular flexibility index (Phi) is 5.60. The van der Waals surface area contributed by atoms with E-state index in [1.54, 1.807) is 43.2 Å². The second-order valence-corrected chi connectivity index (χ2v) is 8.85. The molecule has 0 spiro atoms. The number of amidine groups is 2. The van der Waals surface area contributed by atoms with Gasteiger partial charge >= 0.3 is 0 Å². The van der Waals surface area contributed by atoms with E-state index in [1.165, 1.54) is 17.4 Å². The molecule has 1 aromatic carbocycles. The average Bonchev–Trinajstić information content (AvgIpc) is 3.30. The number of allylic oxidation sites excluding steroid dienone is 2. The second kappa shape index (κ2) is 8.33. The molecular weight excluding hydrogens is 424 g/mol. The van der Waals surface area contributed by atoms with Gasteiger partial charge in [-0.1, -0.05) is 12.2 Å². The van der Waals surface area contributed by atoms with Gasteiger partial charge < -0.3 is 20.1 Å². The van der Waals surface area contributed by atoms with Crippen LogP contribution >= 0.6 is 11.3 Å². The van der Waals surface area contributed by atoms with Crippen LogP contribution in [-0.4, -0.2) is 40.4 Å². The van der Waals surface area contributed by atoms with E-state index in [4.69, 9.17) is 14.5 Å². The molecule has 2 heterocycles. The molecule has 8 nitrogen and oxygen atoms in total. The second-order valence-electron chi connectivity index (χ2n) is 6.47. The van der Waals surface area contributed by atoms with Gasteiger partial charge in [-0.15, -0.1) is 4.40 Å². The lowest BCUT2D eigenvalue weighted by Gasteiger charge is -2.28. The third kappa shape index (κ3) is 4.10. The largest absolute Gasteiger partial charge is 0.497 e. The summed E-state index contributed by atoms with van der Waals surface area (Å²) in [4.78, 5) is 4.85. The number of sulfonamides is 1. The zero-order valence-electron chi connectivity index (χ0n) is 16.3. The predicted octanol–water partition coefficient (Wildman–Crippen LogP) is 3.18. The summed E-state index contributed by atoms with van der Waals surface area (Å²) in [5.74, 6) is 1.60. The van der Waals surface area contributed by atoms with Crippen molar-refractivity contribution in [1.82, 2.24) is 5.32 Å². The number of fused-ring (bicyclic) bond motifs is 1. The Labute approximate surface area is 178 Å². The van der Waals surface area contributed by atoms with Gasteiger partial charge in [-0.25, -0.2) is 0 Å². The fourth-order valence-electron chi connectivity index (χ4n) is 3.05. The monoisotopic (exact) mass is 444 g/mol. The summed E-state index contributed by atoms with van der Waals surface area (Å²) in [7, 11) is -0.775. The van der Waals surface area contributed by atoms with Gasteiger partial charge in [-0.05, 0) is 36.1 Å². The predicted molar refractivity (Wildman–Crippen MR) is 118 cm³/mol. The minimum Gasteiger partial charge on any atom is -0.497 e. The Balaban J connectivity index is 1.77. The Morgan fingerprint density at radius 1 is 1.27 bits per heavy atom. The first-order valence-electron chi connectivity index (χ1n) is 9.08. The molecule has 2 aliphatic rings. The van der Waals surface area contributed by atoms with Crippen molar-refractivity contribution in [2.24, 2.45) is 9.39 Å². The maximum Gasteiger partial charge on any atom is 0.285 e. The zero-order valence-corrected chi connectivity index (χ0v) is 18.0. The van der Waals surface area contributed by atoms with Crippen LogP contribution in [0.4, 0.5) is 5.69 Å². The van der Waals surface area contributed by atoms with E-state index in [0.29, 0.717) is 29.4 Å². The van der Waals surface area contributed by atoms with Crippen LogP contribution in [0.1, 0.15) is 6.42 Å². The van der Waals surface area contributed by atoms with Crippen LogP contribution in [0.25, 0.3) is 0 Å². The average molecular weight is 445 g/mol. The Morgan fingerprint density at radius 3 is 2.87 bits per heavy atom. The molecule has 1 aliphatic carbocycles. The van der Waals surface area contributed by atoms with Crippen molar-refractivity contribution in [3.8, 4) is 11.5 Å². The van der Waals surface area contributed by atoms with Crippen LogP contribution in [0.2, 0.25) is 0 Å². The van der Waals surface area contributed by atoms with Crippen molar-refractivity contribution < 1.29 is 17.9 Å². The maximum atomic E-state index is 12.8. The number of methoxy groups -OCH3 is 2. The van der Waals surface area contributed by atoms with Gasteiger partial charge in [-0.3, -0.25) is 4.99 Å². The van der Waals surface area contributed by atoms with Crippen molar-refractivity contribution in [1.29, 1.82) is 0 Å². The lowest BCUT2D eigenvalue weighted by Crippen LogP contribution is -2.44. The summed E-state index contributed by atoms with van der Waals surface area (Å²) in [5.41, 5.74) is 1.37. The van der Waals surface area contributed by atoms with Crippen molar-refractivity contribution >= 4 is 38.7 Å². The van der Waals surface area contributed by atoms with Crippen molar-refractivity contribution in [3.63, 3.8) is 0 Å². The van der Waals surface area contributed by atoms with E-state index in [2.05, 4.69) is 15.0 Å². The number of ether oxygens (including phenoxy) is 2. The topological polar surface area (TPSA) is 101 Å². The molecule has 1 aromatic heterocycles. The van der Waals surface area contributed by atoms with Gasteiger partial charge in [-0.2, -0.15) is 19.8 Å². The molecule has 0 bridgehead atoms. The first-order valence-corrected chi connectivity index (χ1v) is 11.5. The number of nitrogens with one attached hydrogen (secondary N) is 2. The summed E-state index contributed by atoms with van der Waals surface area (Å²) < 4.78 is 40.3. The van der Waals surface area contributed by atoms with Gasteiger partial charge in [0, 0.05) is 17.1 Å². The van der Waals surface area contributed by atoms with E-state index < -0.39 is 10.0 Å². The molecular formula is C20H20N4O4S2. The molecule has 2 aromatic rings. The van der Waals surface area contributed by atoms with E-state index in [1.807, 2.05) is 18.2 Å². The SMILES string of the molecule is COc1ccc(OC)c(NC2=NC3CC=CC=C3NC2=NS(=O)(=O)c2ccsc2)c1. The van der Waals surface area contributed by atoms with Gasteiger partial charge in [0.2, 0.25) is 0 Å². The lowest BCUT2D eigenvalue weighted by atomic mass is 10.0. The van der Waals surface area contributed by atoms with Crippen LogP contribution in [0, 0.1) is 0 Å². The van der Waals surface area contributed by atoms with Crippen LogP contribution in [0.3, 0.4) is 0 Å². The molecule has 1 atom stereocenters. The normalized spacial score (nSPS) is 19.4. The highest BCUT2D eigenvalue weighted by molar-refractivity contribution is 7.90. The fraction of sp³-hybridized carbons (Fsp3) is 0.200. The summed E-state index contributed by atoms with van der Waals surface area (Å²) in [6, 6.07) is 6.64. The van der Waals surface area contributed by atoms with Gasteiger partial charge in [0.1, 0.15) is 11.5 Å². The van der Waals surface area contributed by atoms with Gasteiger partial charge in [0.25, 0.3) is 10.0 Å². The quantitative estimate of drug-likeness (QED) is 0.735. The minimum atomic E-state index is -3.89. The summed E-state index contributed by atoms with van der Waals surface area (Å²) in [5, 5.41) is 9.53. The van der Waals surface area contributed by atoms with Crippen molar-refractivity contribution in [2.45, 2.75) is 17.4 Å². The van der Waals surface area contributed by atoms with Crippen molar-refractivity contribution in [2.75, 3.05) is 19.5 Å². The van der Waals surface area contributed by atoms with Crippen LogP contribution in [0.5, 0.6) is 11.5 Å². The Bertz CT molecular complexity index is 1170. The van der Waals surface area contributed by atoms with E-state index in [-0.39, 0.29) is 16.8 Å². The first kappa shape index (κ1) is 20.2. The van der Waals surface area contributed by atoms with Gasteiger partial charge in [0.15, 0.2) is 11.7 Å². The standard InChI is InChI=1S/C20H20N4O4S2/c1-27-13-7-8-18(28-2)17(11-13)23-19-20(22-16-6-4-3-5-15(16)21-19)24-30(25,26)14-9-10-29-12-14/h3-4,6-12,15H,5H2,1-2H3,(H,21,23)(H,22,24). The highest BCUT2D eigenvalue weighted by Gasteiger charge is 2.28. The van der Waals surface area contributed by atoms with E-state index in [9.17, 15) is 8.42 Å². The first-order chi connectivity index (χ1) is 14.5. The van der Waals surface area contributed by atoms with E-state index in [0.717, 1.165) is 5.70 Å². The number of benzene rings is 1. The van der Waals surface area contributed by atoms with Crippen LogP contribution in [-0.2, 0) is 10.0 Å². The molecule has 0 radical (unpaired) electrons. The number of hydrogen-bond acceptors (Lipinski definition) is 7. The Hall–Kier alpha value is -3.11. The summed E-state index contributed by atoms with van der Waals surface area (Å²) in [6.45, 7) is 0. The third-order valence-corrected chi connectivity index (χ3v) is 6.67. The van der Waals surface area contributed by atoms with Crippen LogP contribution in [0.15, 0.2) is 73.2 Å². The number of aliphatic imine (C=N–C) groups is 1. The molecule has 0 amide bonds. The Morgan fingerprint density at radius 2 is 2.13 bits per heavy atom. The molecule has 1 unspecified atom stereocenters. The number of hydrogen-bond donors (Lipinski definition) is 2. The lowest BCUT2D eigenvalue weighted by molar-refractivity contribution is 0.405. The molecule has 4 rings (SSSR count). The molecule has 2 N–H and O–H groups in total. The number of nitrogens with zero attached hydrogens (tertiary/aromatic N) is 2. The third-order valence-electron chi connectivity index (χ3n) is 4.57. The summed E-state index contributed by atoms with van der Waals surface area (Å²) >= 11 is 1.29. The molecule has 156 valence electrons. The molecule has 0 fully saturated rings. The number of anilines is 1.